The molecule has 1 rings (SSSR count). The quantitative estimate of drug-likeness (QED) is 0.349. The highest BCUT2D eigenvalue weighted by Gasteiger charge is 2.13. The van der Waals surface area contributed by atoms with Gasteiger partial charge in [-0.3, -0.25) is 0 Å². The third-order valence-corrected chi connectivity index (χ3v) is 3.28. The van der Waals surface area contributed by atoms with Crippen LogP contribution in [0.5, 0.6) is 0 Å². The molecule has 8 nitrogen and oxygen atoms in total. The van der Waals surface area contributed by atoms with E-state index in [4.69, 9.17) is 30.6 Å². The molecule has 156 valence electrons. The van der Waals surface area contributed by atoms with Crippen molar-refractivity contribution in [3.8, 4) is 0 Å². The predicted molar refractivity (Wildman–Crippen MR) is 101 cm³/mol. The van der Waals surface area contributed by atoms with Gasteiger partial charge in [0.25, 0.3) is 0 Å². The zero-order valence-corrected chi connectivity index (χ0v) is 16.0. The molecule has 0 saturated carbocycles. The van der Waals surface area contributed by atoms with Crippen LogP contribution in [-0.4, -0.2) is 69.0 Å². The fourth-order valence-corrected chi connectivity index (χ4v) is 1.41. The van der Waals surface area contributed by atoms with Gasteiger partial charge in [-0.2, -0.15) is 0 Å². The summed E-state index contributed by atoms with van der Waals surface area (Å²) in [4.78, 5) is 20.8. The molecule has 8 heteroatoms. The van der Waals surface area contributed by atoms with E-state index in [1.807, 2.05) is 0 Å². The van der Waals surface area contributed by atoms with E-state index < -0.39 is 11.9 Å². The Morgan fingerprint density at radius 2 is 1.15 bits per heavy atom. The normalized spacial score (nSPS) is 10.1. The minimum absolute atomic E-state index is 0.0186. The van der Waals surface area contributed by atoms with Crippen molar-refractivity contribution in [1.82, 2.24) is 0 Å². The summed E-state index contributed by atoms with van der Waals surface area (Å²) in [7, 11) is 0. The summed E-state index contributed by atoms with van der Waals surface area (Å²) in [6.07, 6.45) is 3.83. The monoisotopic (exact) mass is 388 g/mol. The first-order valence-electron chi connectivity index (χ1n) is 8.65. The van der Waals surface area contributed by atoms with Gasteiger partial charge in [0.15, 0.2) is 0 Å². The van der Waals surface area contributed by atoms with Gasteiger partial charge < -0.3 is 30.6 Å². The van der Waals surface area contributed by atoms with E-state index >= 15 is 0 Å². The number of benzene rings is 1. The van der Waals surface area contributed by atoms with E-state index in [2.05, 4.69) is 0 Å². The average Bonchev–Trinajstić information content (AvgIpc) is 2.66. The smallest absolute Gasteiger partial charge is 0.335 e. The van der Waals surface area contributed by atoms with E-state index in [-0.39, 0.29) is 43.0 Å². The predicted octanol–water partition coefficient (Wildman–Crippen LogP) is 1.61. The molecule has 0 aliphatic carbocycles. The van der Waals surface area contributed by atoms with Crippen LogP contribution >= 0.6 is 0 Å². The topological polar surface area (TPSA) is 156 Å². The van der Waals surface area contributed by atoms with Crippen LogP contribution in [0.2, 0.25) is 0 Å². The number of aromatic carboxylic acids is 2. The zero-order valence-electron chi connectivity index (χ0n) is 16.0. The number of rotatable bonds is 9. The molecule has 0 bridgehead atoms. The molecule has 0 fully saturated rings. The molecule has 0 aliphatic rings. The van der Waals surface area contributed by atoms with Crippen molar-refractivity contribution in [2.24, 2.45) is 5.41 Å². The van der Waals surface area contributed by atoms with E-state index in [1.165, 1.54) is 18.2 Å². The molecule has 1 aromatic rings. The maximum absolute atomic E-state index is 10.4. The Morgan fingerprint density at radius 3 is 1.37 bits per heavy atom. The summed E-state index contributed by atoms with van der Waals surface area (Å²) >= 11 is 0. The van der Waals surface area contributed by atoms with Gasteiger partial charge in [-0.1, -0.05) is 32.8 Å². The number of hydrogen-bond donors (Lipinski definition) is 6. The molecule has 0 atom stereocenters. The van der Waals surface area contributed by atoms with E-state index in [1.54, 1.807) is 13.8 Å². The van der Waals surface area contributed by atoms with Crippen molar-refractivity contribution in [3.05, 3.63) is 35.4 Å². The molecule has 0 unspecified atom stereocenters. The number of hydrogen-bond acceptors (Lipinski definition) is 6. The second-order valence-electron chi connectivity index (χ2n) is 6.53. The lowest BCUT2D eigenvalue weighted by Gasteiger charge is -2.16. The van der Waals surface area contributed by atoms with Gasteiger partial charge in [0.1, 0.15) is 0 Å². The van der Waals surface area contributed by atoms with Crippen molar-refractivity contribution in [2.45, 2.75) is 39.5 Å². The van der Waals surface area contributed by atoms with Crippen LogP contribution < -0.4 is 0 Å². The molecule has 27 heavy (non-hydrogen) atoms. The molecule has 0 saturated heterocycles. The van der Waals surface area contributed by atoms with Crippen LogP contribution in [0.25, 0.3) is 0 Å². The SMILES string of the molecule is CC(C)(CO)CO.O=C(O)c1cccc(C(=O)O)c1.OCCCCCCO. The summed E-state index contributed by atoms with van der Waals surface area (Å²) in [5, 5.41) is 50.5. The van der Waals surface area contributed by atoms with Crippen LogP contribution in [-0.2, 0) is 0 Å². The Hall–Kier alpha value is -2.00. The van der Waals surface area contributed by atoms with Crippen LogP contribution in [0.15, 0.2) is 24.3 Å². The summed E-state index contributed by atoms with van der Waals surface area (Å²) in [6, 6.07) is 5.20. The molecule has 6 N–H and O–H groups in total. The van der Waals surface area contributed by atoms with E-state index in [0.29, 0.717) is 0 Å². The molecule has 0 heterocycles. The highest BCUT2D eigenvalue weighted by Crippen LogP contribution is 2.10. The summed E-state index contributed by atoms with van der Waals surface area (Å²) in [5.41, 5.74) is -0.343. The van der Waals surface area contributed by atoms with Crippen LogP contribution in [0, 0.1) is 5.41 Å². The second-order valence-corrected chi connectivity index (χ2v) is 6.53. The first-order valence-corrected chi connectivity index (χ1v) is 8.65. The highest BCUT2D eigenvalue weighted by atomic mass is 16.4. The van der Waals surface area contributed by atoms with Crippen molar-refractivity contribution in [2.75, 3.05) is 26.4 Å². The Bertz CT molecular complexity index is 487. The molecular formula is C19H32O8. The van der Waals surface area contributed by atoms with Gasteiger partial charge in [-0.05, 0) is 31.0 Å². The fourth-order valence-electron chi connectivity index (χ4n) is 1.41. The Morgan fingerprint density at radius 1 is 0.778 bits per heavy atom. The average molecular weight is 388 g/mol. The first-order chi connectivity index (χ1) is 12.6. The third-order valence-electron chi connectivity index (χ3n) is 3.28. The van der Waals surface area contributed by atoms with Crippen LogP contribution in [0.3, 0.4) is 0 Å². The lowest BCUT2D eigenvalue weighted by atomic mass is 9.97. The zero-order chi connectivity index (χ0) is 21.3. The van der Waals surface area contributed by atoms with Gasteiger partial charge in [0.05, 0.1) is 24.3 Å². The lowest BCUT2D eigenvalue weighted by molar-refractivity contribution is 0.0696. The van der Waals surface area contributed by atoms with Gasteiger partial charge in [-0.15, -0.1) is 0 Å². The standard InChI is InChI=1S/C8H6O4.C6H14O2.C5H12O2/c9-7(10)5-2-1-3-6(4-5)8(11)12;7-5-3-1-2-4-6-8;1-5(2,3-6)4-7/h1-4H,(H,9,10)(H,11,12);7-8H,1-6H2;6-7H,3-4H2,1-2H3. The number of unbranched alkanes of at least 4 members (excludes halogenated alkanes) is 3. The maximum atomic E-state index is 10.4. The summed E-state index contributed by atoms with van der Waals surface area (Å²) < 4.78 is 0. The lowest BCUT2D eigenvalue weighted by Crippen LogP contribution is -2.20. The Labute approximate surface area is 159 Å². The van der Waals surface area contributed by atoms with Gasteiger partial charge in [0, 0.05) is 18.6 Å². The minimum atomic E-state index is -1.13. The number of carboxylic acid groups (broad SMARTS) is 2. The molecule has 0 spiro atoms. The Balaban J connectivity index is 0. The maximum Gasteiger partial charge on any atom is 0.335 e. The van der Waals surface area contributed by atoms with Gasteiger partial charge in [-0.25, -0.2) is 9.59 Å². The number of carbonyl (C=O) groups is 2. The number of carboxylic acids is 2. The molecule has 1 aromatic carbocycles. The third kappa shape index (κ3) is 15.9. The van der Waals surface area contributed by atoms with Gasteiger partial charge in [0.2, 0.25) is 0 Å². The molecule has 0 amide bonds. The van der Waals surface area contributed by atoms with Crippen LogP contribution in [0.4, 0.5) is 0 Å². The van der Waals surface area contributed by atoms with Crippen molar-refractivity contribution in [1.29, 1.82) is 0 Å². The highest BCUT2D eigenvalue weighted by molar-refractivity contribution is 5.93. The summed E-state index contributed by atoms with van der Waals surface area (Å²) in [6.45, 7) is 4.25. The van der Waals surface area contributed by atoms with Crippen molar-refractivity contribution >= 4 is 11.9 Å². The second kappa shape index (κ2) is 16.2. The van der Waals surface area contributed by atoms with Crippen molar-refractivity contribution < 1.29 is 40.2 Å². The van der Waals surface area contributed by atoms with Gasteiger partial charge >= 0.3 is 11.9 Å². The number of aliphatic hydroxyl groups excluding tert-OH is 4. The number of aliphatic hydroxyl groups is 4. The molecular weight excluding hydrogens is 356 g/mol. The molecule has 0 aromatic heterocycles. The minimum Gasteiger partial charge on any atom is -0.478 e. The molecule has 0 radical (unpaired) electrons. The van der Waals surface area contributed by atoms with E-state index in [9.17, 15) is 9.59 Å². The summed E-state index contributed by atoms with van der Waals surface area (Å²) in [5.74, 6) is -2.25. The van der Waals surface area contributed by atoms with E-state index in [0.717, 1.165) is 31.7 Å². The fraction of sp³-hybridized carbons (Fsp3) is 0.579. The molecule has 0 aliphatic heterocycles. The van der Waals surface area contributed by atoms with Crippen LogP contribution in [0.1, 0.15) is 60.2 Å². The van der Waals surface area contributed by atoms with Crippen molar-refractivity contribution in [3.63, 3.8) is 0 Å². The largest absolute Gasteiger partial charge is 0.478 e. The first kappa shape index (κ1) is 27.2. The Kier molecular flexibility index (Phi) is 16.3.